The number of carbonyl (C=O) groups is 2. The normalized spacial score (nSPS) is 9.27. The van der Waals surface area contributed by atoms with Crippen LogP contribution in [0.1, 0.15) is 12.8 Å². The van der Waals surface area contributed by atoms with Gasteiger partial charge in [0.15, 0.2) is 0 Å². The maximum absolute atomic E-state index is 10.7. The van der Waals surface area contributed by atoms with Crippen LogP contribution in [0.15, 0.2) is 0 Å². The topological polar surface area (TPSA) is 43.4 Å². The molecule has 0 bridgehead atoms. The van der Waals surface area contributed by atoms with Gasteiger partial charge < -0.3 is 0 Å². The Hall–Kier alpha value is 0.449. The molecule has 3 nitrogen and oxygen atoms in total. The molecule has 0 aliphatic carbocycles. The molecule has 0 aromatic carbocycles. The second kappa shape index (κ2) is 7.12. The molecule has 0 heterocycles. The van der Waals surface area contributed by atoms with Gasteiger partial charge in [0.1, 0.15) is 0 Å². The Labute approximate surface area is 87.0 Å². The first kappa shape index (κ1) is 11.4. The van der Waals surface area contributed by atoms with Crippen molar-refractivity contribution >= 4 is 50.2 Å². The first-order chi connectivity index (χ1) is 5.20. The van der Waals surface area contributed by atoms with E-state index in [0.717, 1.165) is 4.47 Å². The van der Waals surface area contributed by atoms with Gasteiger partial charge in [0.2, 0.25) is 0 Å². The fraction of sp³-hybridized carbons (Fsp3) is 0.667. The van der Waals surface area contributed by atoms with E-state index in [1.165, 1.54) is 0 Å². The van der Waals surface area contributed by atoms with Gasteiger partial charge in [-0.05, 0) is 0 Å². The van der Waals surface area contributed by atoms with Crippen molar-refractivity contribution in [2.75, 3.05) is 0 Å². The Morgan fingerprint density at radius 3 is 2.27 bits per heavy atom. The monoisotopic (exact) mass is 340 g/mol. The predicted molar refractivity (Wildman–Crippen MR) is 44.2 cm³/mol. The van der Waals surface area contributed by atoms with E-state index in [1.807, 2.05) is 0 Å². The average Bonchev–Trinajstić information content (AvgIpc) is 1.87. The summed E-state index contributed by atoms with van der Waals surface area (Å²) in [6.45, 7) is 0. The van der Waals surface area contributed by atoms with Crippen LogP contribution in [0.3, 0.4) is 0 Å². The summed E-state index contributed by atoms with van der Waals surface area (Å²) in [5, 5.41) is 0.661. The third-order valence-electron chi connectivity index (χ3n) is 0.860. The van der Waals surface area contributed by atoms with E-state index >= 15 is 0 Å². The minimum absolute atomic E-state index is 0.305. The average molecular weight is 337 g/mol. The molecule has 5 heteroatoms. The Bertz CT molecular complexity index is 133. The van der Waals surface area contributed by atoms with Gasteiger partial charge in [0.25, 0.3) is 0 Å². The van der Waals surface area contributed by atoms with Crippen molar-refractivity contribution in [3.8, 4) is 0 Å². The van der Waals surface area contributed by atoms with Crippen LogP contribution >= 0.6 is 0 Å². The van der Waals surface area contributed by atoms with Crippen molar-refractivity contribution in [3.63, 3.8) is 0 Å². The minimum atomic E-state index is -0.421. The van der Waals surface area contributed by atoms with E-state index in [9.17, 15) is 9.59 Å². The van der Waals surface area contributed by atoms with Gasteiger partial charge in [-0.1, -0.05) is 0 Å². The van der Waals surface area contributed by atoms with Crippen LogP contribution in [-0.4, -0.2) is 50.2 Å². The molecule has 0 unspecified atom stereocenters. The van der Waals surface area contributed by atoms with E-state index in [-0.39, 0.29) is 0 Å². The molecule has 0 N–H and O–H groups in total. The molecule has 64 valence electrons. The molecule has 0 spiro atoms. The third kappa shape index (κ3) is 6.83. The van der Waals surface area contributed by atoms with Crippen LogP contribution in [0.4, 0.5) is 0 Å². The molecule has 0 saturated carbocycles. The molecule has 0 radical (unpaired) electrons. The summed E-state index contributed by atoms with van der Waals surface area (Å²) in [7, 11) is 0. The molecular weight excluding hydrogens is 327 g/mol. The zero-order valence-electron chi connectivity index (χ0n) is 5.95. The van der Waals surface area contributed by atoms with Crippen molar-refractivity contribution in [1.29, 1.82) is 0 Å². The number of esters is 2. The molecule has 0 aliphatic rings. The summed E-state index contributed by atoms with van der Waals surface area (Å²) in [5.41, 5.74) is 0. The van der Waals surface area contributed by atoms with E-state index < -0.39 is 11.9 Å². The first-order valence-electron chi connectivity index (χ1n) is 3.16. The molecule has 0 atom stereocenters. The number of hydrogen-bond donors (Lipinski definition) is 0. The SMILES string of the molecule is O=C(CC[SeH])OC(=O)CC[TeH]. The van der Waals surface area contributed by atoms with Crippen LogP contribution < -0.4 is 0 Å². The molecule has 0 amide bonds. The summed E-state index contributed by atoms with van der Waals surface area (Å²) >= 11 is 3.81. The Balaban J connectivity index is 3.49. The Morgan fingerprint density at radius 1 is 1.27 bits per heavy atom. The molecule has 0 fully saturated rings. The van der Waals surface area contributed by atoms with Gasteiger partial charge in [-0.15, -0.1) is 0 Å². The van der Waals surface area contributed by atoms with Gasteiger partial charge >= 0.3 is 87.2 Å². The Morgan fingerprint density at radius 2 is 1.82 bits per heavy atom. The molecule has 11 heavy (non-hydrogen) atoms. The molecular formula is C6H10O3SeTe. The summed E-state index contributed by atoms with van der Waals surface area (Å²) in [5.74, 6) is -0.827. The van der Waals surface area contributed by atoms with Gasteiger partial charge in [0.05, 0.1) is 0 Å². The van der Waals surface area contributed by atoms with Crippen LogP contribution in [0.25, 0.3) is 0 Å². The fourth-order valence-corrected chi connectivity index (χ4v) is 1.32. The van der Waals surface area contributed by atoms with Gasteiger partial charge in [-0.25, -0.2) is 0 Å². The fourth-order valence-electron chi connectivity index (χ4n) is 0.412. The van der Waals surface area contributed by atoms with Crippen LogP contribution in [0.5, 0.6) is 0 Å². The molecule has 0 aliphatic heterocycles. The standard InChI is InChI=1S/C6H10O3SeTe/c7-5(1-3-10)9-6(8)2-4-11/h10-11H,1-4H2. The van der Waals surface area contributed by atoms with Crippen molar-refractivity contribution in [1.82, 2.24) is 0 Å². The number of carbonyl (C=O) groups excluding carboxylic acids is 2. The molecule has 0 rings (SSSR count). The second-order valence-electron chi connectivity index (χ2n) is 1.79. The quantitative estimate of drug-likeness (QED) is 0.394. The van der Waals surface area contributed by atoms with Gasteiger partial charge in [-0.3, -0.25) is 0 Å². The van der Waals surface area contributed by atoms with Gasteiger partial charge in [0, 0.05) is 0 Å². The van der Waals surface area contributed by atoms with E-state index in [0.29, 0.717) is 18.2 Å². The third-order valence-corrected chi connectivity index (χ3v) is 1.97. The number of ether oxygens (including phenoxy) is 1. The van der Waals surface area contributed by atoms with Crippen molar-refractivity contribution in [3.05, 3.63) is 0 Å². The Kier molecular flexibility index (Phi) is 7.41. The summed E-state index contributed by atoms with van der Waals surface area (Å²) in [4.78, 5) is 21.4. The second-order valence-corrected chi connectivity index (χ2v) is 4.01. The van der Waals surface area contributed by atoms with E-state index in [1.54, 1.807) is 22.3 Å². The van der Waals surface area contributed by atoms with Crippen LogP contribution in [0.2, 0.25) is 9.79 Å². The molecule has 0 aromatic rings. The van der Waals surface area contributed by atoms with Crippen LogP contribution in [0, 0.1) is 0 Å². The van der Waals surface area contributed by atoms with Crippen molar-refractivity contribution < 1.29 is 14.3 Å². The van der Waals surface area contributed by atoms with E-state index in [2.05, 4.69) is 20.7 Å². The van der Waals surface area contributed by atoms with Gasteiger partial charge in [-0.2, -0.15) is 0 Å². The summed E-state index contributed by atoms with van der Waals surface area (Å²) in [6, 6.07) is 0. The zero-order valence-corrected chi connectivity index (χ0v) is 10.4. The van der Waals surface area contributed by atoms with E-state index in [4.69, 9.17) is 0 Å². The summed E-state index contributed by atoms with van der Waals surface area (Å²) in [6.07, 6.45) is 0.651. The molecule has 0 aromatic heterocycles. The number of hydrogen-bond acceptors (Lipinski definition) is 3. The summed E-state index contributed by atoms with van der Waals surface area (Å²) < 4.78 is 5.22. The maximum atomic E-state index is 10.7. The predicted octanol–water partition coefficient (Wildman–Crippen LogP) is -0.525. The zero-order chi connectivity index (χ0) is 8.69. The molecule has 0 saturated heterocycles. The number of rotatable bonds is 4. The van der Waals surface area contributed by atoms with Crippen molar-refractivity contribution in [2.45, 2.75) is 22.6 Å². The van der Waals surface area contributed by atoms with Crippen molar-refractivity contribution in [2.24, 2.45) is 0 Å². The van der Waals surface area contributed by atoms with Crippen LogP contribution in [-0.2, 0) is 14.3 Å². The first-order valence-corrected chi connectivity index (χ1v) is 6.29.